The second kappa shape index (κ2) is 71.8. The van der Waals surface area contributed by atoms with Crippen molar-refractivity contribution in [3.8, 4) is 0 Å². The van der Waals surface area contributed by atoms with Gasteiger partial charge in [0.1, 0.15) is 25.4 Å². The summed E-state index contributed by atoms with van der Waals surface area (Å²) in [6.07, 6.45) is 84.1. The Morgan fingerprint density at radius 1 is 0.299 bits per heavy atom. The van der Waals surface area contributed by atoms with Crippen molar-refractivity contribution in [1.29, 1.82) is 0 Å². The fourth-order valence-corrected chi connectivity index (χ4v) is 11.6. The Balaban J connectivity index is 4.52. The highest BCUT2D eigenvalue weighted by Crippen LogP contribution is 2.45. The van der Waals surface area contributed by atoms with Gasteiger partial charge in [0.2, 0.25) is 0 Å². The number of phosphoric ester groups is 2. The average Bonchev–Trinajstić information content (AvgIpc) is 1.48. The molecule has 18 heteroatoms. The topological polar surface area (TPSA) is 231 Å². The molecule has 558 valence electrons. The van der Waals surface area contributed by atoms with Crippen molar-refractivity contribution in [2.24, 2.45) is 0 Å². The Bertz CT molecular complexity index is 2250. The van der Waals surface area contributed by atoms with E-state index in [9.17, 15) is 43.5 Å². The van der Waals surface area contributed by atoms with Gasteiger partial charge in [-0.25, -0.2) is 9.13 Å². The maximum atomic E-state index is 12.9. The quantitative estimate of drug-likeness (QED) is 0.0146. The van der Waals surface area contributed by atoms with Gasteiger partial charge in [0, 0.05) is 19.3 Å². The average molecular weight is 1400 g/mol. The first-order valence-electron chi connectivity index (χ1n) is 37.8. The lowest BCUT2D eigenvalue weighted by atomic mass is 10.0. The molecule has 0 amide bonds. The number of esters is 3. The number of aliphatic hydroxyl groups excluding tert-OH is 2. The van der Waals surface area contributed by atoms with E-state index in [2.05, 4.69) is 130 Å². The molecule has 97 heavy (non-hydrogen) atoms. The third kappa shape index (κ3) is 73.0. The van der Waals surface area contributed by atoms with Gasteiger partial charge in [-0.15, -0.1) is 0 Å². The van der Waals surface area contributed by atoms with Crippen molar-refractivity contribution in [1.82, 2.24) is 0 Å². The number of carbonyl (C=O) groups is 3. The minimum Gasteiger partial charge on any atom is -0.463 e. The number of hydrogen-bond acceptors (Lipinski definition) is 14. The van der Waals surface area contributed by atoms with E-state index in [4.69, 9.17) is 32.3 Å². The highest BCUT2D eigenvalue weighted by molar-refractivity contribution is 7.47. The number of allylic oxidation sites excluding steroid dienone is 20. The van der Waals surface area contributed by atoms with Gasteiger partial charge in [-0.3, -0.25) is 32.5 Å². The summed E-state index contributed by atoms with van der Waals surface area (Å²) < 4.78 is 61.0. The Labute approximate surface area is 589 Å². The molecule has 0 aromatic heterocycles. The largest absolute Gasteiger partial charge is 0.472 e. The summed E-state index contributed by atoms with van der Waals surface area (Å²) in [7, 11) is -9.80. The van der Waals surface area contributed by atoms with Crippen molar-refractivity contribution in [3.63, 3.8) is 0 Å². The summed E-state index contributed by atoms with van der Waals surface area (Å²) in [5.74, 6) is -1.64. The number of rotatable bonds is 71. The van der Waals surface area contributed by atoms with Gasteiger partial charge in [0.05, 0.1) is 26.4 Å². The van der Waals surface area contributed by atoms with Crippen molar-refractivity contribution in [3.05, 3.63) is 122 Å². The molecule has 0 aromatic rings. The van der Waals surface area contributed by atoms with E-state index in [1.165, 1.54) is 122 Å². The van der Waals surface area contributed by atoms with Crippen LogP contribution in [0.5, 0.6) is 0 Å². The smallest absolute Gasteiger partial charge is 0.463 e. The zero-order chi connectivity index (χ0) is 70.9. The van der Waals surface area contributed by atoms with Crippen LogP contribution < -0.4 is 0 Å². The molecule has 0 heterocycles. The molecule has 0 saturated heterocycles. The summed E-state index contributed by atoms with van der Waals surface area (Å²) in [6.45, 7) is 2.40. The summed E-state index contributed by atoms with van der Waals surface area (Å²) >= 11 is 0. The van der Waals surface area contributed by atoms with Crippen LogP contribution in [0.4, 0.5) is 0 Å². The summed E-state index contributed by atoms with van der Waals surface area (Å²) in [6, 6.07) is 0. The van der Waals surface area contributed by atoms with Gasteiger partial charge in [0.15, 0.2) is 6.10 Å². The second-order valence-electron chi connectivity index (χ2n) is 25.0. The predicted octanol–water partition coefficient (Wildman–Crippen LogP) is 21.8. The normalized spacial score (nSPS) is 14.8. The van der Waals surface area contributed by atoms with Crippen LogP contribution in [0.1, 0.15) is 303 Å². The molecule has 5 unspecified atom stereocenters. The van der Waals surface area contributed by atoms with E-state index in [1.54, 1.807) is 0 Å². The zero-order valence-electron chi connectivity index (χ0n) is 60.7. The van der Waals surface area contributed by atoms with Crippen LogP contribution >= 0.6 is 15.6 Å². The molecule has 0 spiro atoms. The number of phosphoric acid groups is 2. The molecule has 0 bridgehead atoms. The van der Waals surface area contributed by atoms with Gasteiger partial charge in [-0.2, -0.15) is 0 Å². The summed E-state index contributed by atoms with van der Waals surface area (Å²) in [4.78, 5) is 58.5. The number of carbonyl (C=O) groups excluding carboxylic acids is 3. The van der Waals surface area contributed by atoms with Crippen LogP contribution in [0.2, 0.25) is 0 Å². The summed E-state index contributed by atoms with van der Waals surface area (Å²) in [5, 5.41) is 20.6. The van der Waals surface area contributed by atoms with Crippen molar-refractivity contribution in [2.45, 2.75) is 322 Å². The Hall–Kier alpha value is -4.05. The number of unbranched alkanes of at least 4 members (excludes halogenated alkanes) is 28. The Morgan fingerprint density at radius 2 is 0.557 bits per heavy atom. The lowest BCUT2D eigenvalue weighted by Crippen LogP contribution is -2.30. The standard InChI is InChI=1S/C79H136O16P2/c1-4-7-10-13-16-19-22-25-28-30-31-32-33-34-35-36-37-38-39-40-41-43-46-47-50-53-56-59-62-65-77(82)89-68-74(80)69-91-96(85,86)92-70-75(81)71-93-97(87,88)94-73-76(95-79(84)67-64-61-58-55-52-49-44-27-24-21-18-15-12-9-6-3)72-90-78(83)66-63-60-57-54-51-48-45-42-29-26-23-20-17-14-11-8-5-2/h7-8,10-11,16-17,19-20,25-26,28-29,31-32,34-35,45,48,54,57,74-76,80-81H,4-6,9,12-15,18,21-24,27,30,33,36-44,46-47,49-53,55-56,58-73H2,1-3H3,(H,85,86)(H,87,88)/b10-7-,11-8-,19-16-,20-17-,28-25-,29-26-,32-31-,35-34-,48-45-,57-54-. The molecule has 16 nitrogen and oxygen atoms in total. The molecule has 5 atom stereocenters. The lowest BCUT2D eigenvalue weighted by Gasteiger charge is -2.21. The van der Waals surface area contributed by atoms with Crippen molar-refractivity contribution in [2.75, 3.05) is 39.6 Å². The van der Waals surface area contributed by atoms with Gasteiger partial charge in [-0.1, -0.05) is 303 Å². The maximum absolute atomic E-state index is 12.9. The van der Waals surface area contributed by atoms with E-state index in [0.717, 1.165) is 116 Å². The predicted molar refractivity (Wildman–Crippen MR) is 399 cm³/mol. The maximum Gasteiger partial charge on any atom is 0.472 e. The van der Waals surface area contributed by atoms with Crippen molar-refractivity contribution < 1.29 is 75.8 Å². The fraction of sp³-hybridized carbons (Fsp3) is 0.709. The lowest BCUT2D eigenvalue weighted by molar-refractivity contribution is -0.161. The molecule has 0 aliphatic rings. The number of hydrogen-bond donors (Lipinski definition) is 4. The van der Waals surface area contributed by atoms with Crippen LogP contribution in [-0.2, 0) is 55.8 Å². The van der Waals surface area contributed by atoms with E-state index in [-0.39, 0.29) is 19.3 Å². The van der Waals surface area contributed by atoms with E-state index in [1.807, 2.05) is 12.2 Å². The first-order chi connectivity index (χ1) is 47.2. The van der Waals surface area contributed by atoms with Crippen LogP contribution in [0.3, 0.4) is 0 Å². The van der Waals surface area contributed by atoms with E-state index >= 15 is 0 Å². The molecule has 0 fully saturated rings. The molecule has 0 rings (SSSR count). The molecule has 4 N–H and O–H groups in total. The van der Waals surface area contributed by atoms with Crippen LogP contribution in [0, 0.1) is 0 Å². The molecule has 0 aromatic carbocycles. The Morgan fingerprint density at radius 3 is 0.907 bits per heavy atom. The molecule has 0 aliphatic carbocycles. The molecule has 0 radical (unpaired) electrons. The van der Waals surface area contributed by atoms with Gasteiger partial charge in [0.25, 0.3) is 0 Å². The van der Waals surface area contributed by atoms with Crippen LogP contribution in [0.25, 0.3) is 0 Å². The second-order valence-corrected chi connectivity index (χ2v) is 28.0. The van der Waals surface area contributed by atoms with Crippen molar-refractivity contribution >= 4 is 33.6 Å². The number of aliphatic hydroxyl groups is 2. The van der Waals surface area contributed by atoms with E-state index < -0.39 is 91.5 Å². The van der Waals surface area contributed by atoms with E-state index in [0.29, 0.717) is 25.7 Å². The summed E-state index contributed by atoms with van der Waals surface area (Å²) in [5.41, 5.74) is 0. The van der Waals surface area contributed by atoms with Gasteiger partial charge < -0.3 is 34.2 Å². The minimum absolute atomic E-state index is 0.0925. The highest BCUT2D eigenvalue weighted by atomic mass is 31.2. The third-order valence-electron chi connectivity index (χ3n) is 15.7. The highest BCUT2D eigenvalue weighted by Gasteiger charge is 2.29. The fourth-order valence-electron chi connectivity index (χ4n) is 9.99. The zero-order valence-corrected chi connectivity index (χ0v) is 62.5. The monoisotopic (exact) mass is 1400 g/mol. The van der Waals surface area contributed by atoms with Gasteiger partial charge >= 0.3 is 33.6 Å². The first-order valence-corrected chi connectivity index (χ1v) is 40.8. The third-order valence-corrected chi connectivity index (χ3v) is 17.6. The Kier molecular flexibility index (Phi) is 68.8. The van der Waals surface area contributed by atoms with Crippen LogP contribution in [0.15, 0.2) is 122 Å². The van der Waals surface area contributed by atoms with Gasteiger partial charge in [-0.05, 0) is 103 Å². The number of ether oxygens (including phenoxy) is 3. The minimum atomic E-state index is -4.94. The molecular formula is C79H136O16P2. The van der Waals surface area contributed by atoms with Crippen LogP contribution in [-0.4, -0.2) is 95.9 Å². The molecular weight excluding hydrogens is 1270 g/mol. The molecule has 0 saturated carbocycles. The SMILES string of the molecule is CC/C=C\C/C=C\C/C=C\C/C=C\C/C=C\CCCCCCCCCCCCCCCC(=O)OCC(O)COP(=O)(O)OCC(O)COP(=O)(O)OCC(COC(=O)CCC/C=C\C/C=C\C/C=C\C/C=C\C/C=C\CC)OC(=O)CCCCCCCCCCCCCCCCC. The first kappa shape index (κ1) is 93.0. The molecule has 0 aliphatic heterocycles.